The molecule has 2 heteroatoms. The lowest BCUT2D eigenvalue weighted by Gasteiger charge is -2.04. The average Bonchev–Trinajstić information content (AvgIpc) is 2.45. The maximum absolute atomic E-state index is 5.46. The summed E-state index contributed by atoms with van der Waals surface area (Å²) >= 11 is 0. The molecular formula is C7H16N2. The first-order chi connectivity index (χ1) is 4.24. The van der Waals surface area contributed by atoms with Crippen LogP contribution in [-0.2, 0) is 0 Å². The summed E-state index contributed by atoms with van der Waals surface area (Å²) in [6.45, 7) is 7.78. The predicted molar refractivity (Wildman–Crippen MR) is 39.3 cm³/mol. The largest absolute Gasteiger partial charge is 0.329 e. The quantitative estimate of drug-likeness (QED) is 0.553. The Hall–Kier alpha value is -0.0800. The van der Waals surface area contributed by atoms with Crippen LogP contribution >= 0.6 is 0 Å². The lowest BCUT2D eigenvalue weighted by Crippen LogP contribution is -2.15. The van der Waals surface area contributed by atoms with Crippen LogP contribution in [0.15, 0.2) is 0 Å². The van der Waals surface area contributed by atoms with Crippen molar-refractivity contribution in [2.45, 2.75) is 19.9 Å². The molecule has 2 atom stereocenters. The van der Waals surface area contributed by atoms with E-state index in [0.717, 1.165) is 12.5 Å². The summed E-state index contributed by atoms with van der Waals surface area (Å²) in [5, 5.41) is 0. The Balaban J connectivity index is 2.05. The van der Waals surface area contributed by atoms with Crippen molar-refractivity contribution in [3.63, 3.8) is 0 Å². The van der Waals surface area contributed by atoms with Gasteiger partial charge in [-0.1, -0.05) is 13.8 Å². The molecule has 1 fully saturated rings. The van der Waals surface area contributed by atoms with Crippen LogP contribution in [0, 0.1) is 5.92 Å². The van der Waals surface area contributed by atoms with Crippen molar-refractivity contribution in [3.05, 3.63) is 0 Å². The molecule has 1 saturated heterocycles. The molecule has 1 heterocycles. The molecule has 0 radical (unpaired) electrons. The number of nitrogens with zero attached hydrogens (tertiary/aromatic N) is 1. The van der Waals surface area contributed by atoms with Crippen molar-refractivity contribution in [1.82, 2.24) is 4.90 Å². The highest BCUT2D eigenvalue weighted by Gasteiger charge is 2.31. The third kappa shape index (κ3) is 1.95. The Kier molecular flexibility index (Phi) is 2.09. The summed E-state index contributed by atoms with van der Waals surface area (Å²) in [6, 6.07) is 0.715. The van der Waals surface area contributed by atoms with E-state index in [2.05, 4.69) is 18.7 Å². The zero-order chi connectivity index (χ0) is 6.85. The fourth-order valence-electron chi connectivity index (χ4n) is 1.14. The Bertz CT molecular complexity index is 90.9. The molecule has 0 bridgehead atoms. The molecule has 9 heavy (non-hydrogen) atoms. The third-order valence-corrected chi connectivity index (χ3v) is 1.70. The zero-order valence-corrected chi connectivity index (χ0v) is 6.30. The SMILES string of the molecule is CC(C)CN1CC1CN. The van der Waals surface area contributed by atoms with Gasteiger partial charge in [0.1, 0.15) is 0 Å². The molecule has 0 aromatic carbocycles. The smallest absolute Gasteiger partial charge is 0.0346 e. The topological polar surface area (TPSA) is 29.0 Å². The van der Waals surface area contributed by atoms with Gasteiger partial charge < -0.3 is 5.73 Å². The van der Waals surface area contributed by atoms with Gasteiger partial charge in [0.05, 0.1) is 0 Å². The van der Waals surface area contributed by atoms with Gasteiger partial charge in [0.15, 0.2) is 0 Å². The second-order valence-corrected chi connectivity index (χ2v) is 3.24. The van der Waals surface area contributed by atoms with Crippen LogP contribution in [0.2, 0.25) is 0 Å². The van der Waals surface area contributed by atoms with E-state index in [-0.39, 0.29) is 0 Å². The van der Waals surface area contributed by atoms with E-state index in [1.54, 1.807) is 0 Å². The Labute approximate surface area is 57.0 Å². The van der Waals surface area contributed by atoms with Gasteiger partial charge in [-0.3, -0.25) is 4.90 Å². The number of hydrogen-bond acceptors (Lipinski definition) is 2. The van der Waals surface area contributed by atoms with E-state index < -0.39 is 0 Å². The predicted octanol–water partition coefficient (Wildman–Crippen LogP) is 0.285. The highest BCUT2D eigenvalue weighted by Crippen LogP contribution is 2.16. The summed E-state index contributed by atoms with van der Waals surface area (Å²) in [5.41, 5.74) is 5.46. The number of hydrogen-bond donors (Lipinski definition) is 1. The van der Waals surface area contributed by atoms with Crippen LogP contribution in [0.5, 0.6) is 0 Å². The van der Waals surface area contributed by atoms with Gasteiger partial charge in [-0.2, -0.15) is 0 Å². The summed E-state index contributed by atoms with van der Waals surface area (Å²) < 4.78 is 0. The van der Waals surface area contributed by atoms with Crippen LogP contribution in [0.1, 0.15) is 13.8 Å². The Morgan fingerprint density at radius 1 is 1.67 bits per heavy atom. The molecule has 0 saturated carbocycles. The van der Waals surface area contributed by atoms with Crippen LogP contribution < -0.4 is 5.73 Å². The van der Waals surface area contributed by atoms with Crippen molar-refractivity contribution in [2.24, 2.45) is 11.7 Å². The molecule has 0 aliphatic carbocycles. The monoisotopic (exact) mass is 128 g/mol. The minimum absolute atomic E-state index is 0.715. The Morgan fingerprint density at radius 3 is 2.67 bits per heavy atom. The van der Waals surface area contributed by atoms with Crippen molar-refractivity contribution >= 4 is 0 Å². The lowest BCUT2D eigenvalue weighted by atomic mass is 10.2. The second-order valence-electron chi connectivity index (χ2n) is 3.24. The van der Waals surface area contributed by atoms with Gasteiger partial charge in [-0.05, 0) is 5.92 Å². The summed E-state index contributed by atoms with van der Waals surface area (Å²) in [5.74, 6) is 0.793. The average molecular weight is 128 g/mol. The van der Waals surface area contributed by atoms with Crippen molar-refractivity contribution in [1.29, 1.82) is 0 Å². The highest BCUT2D eigenvalue weighted by atomic mass is 15.3. The van der Waals surface area contributed by atoms with Crippen molar-refractivity contribution in [3.8, 4) is 0 Å². The van der Waals surface area contributed by atoms with E-state index in [4.69, 9.17) is 5.73 Å². The van der Waals surface area contributed by atoms with E-state index >= 15 is 0 Å². The fraction of sp³-hybridized carbons (Fsp3) is 1.00. The van der Waals surface area contributed by atoms with Gasteiger partial charge in [0.25, 0.3) is 0 Å². The molecule has 0 aromatic heterocycles. The molecule has 0 aromatic rings. The van der Waals surface area contributed by atoms with Gasteiger partial charge in [0.2, 0.25) is 0 Å². The van der Waals surface area contributed by atoms with E-state index in [9.17, 15) is 0 Å². The van der Waals surface area contributed by atoms with Crippen LogP contribution in [0.4, 0.5) is 0 Å². The highest BCUT2D eigenvalue weighted by molar-refractivity contribution is 4.89. The minimum atomic E-state index is 0.715. The molecule has 1 rings (SSSR count). The normalized spacial score (nSPS) is 33.3. The summed E-state index contributed by atoms with van der Waals surface area (Å²) in [4.78, 5) is 2.42. The van der Waals surface area contributed by atoms with E-state index in [1.165, 1.54) is 13.1 Å². The van der Waals surface area contributed by atoms with Crippen LogP contribution in [-0.4, -0.2) is 30.6 Å². The van der Waals surface area contributed by atoms with E-state index in [0.29, 0.717) is 6.04 Å². The molecular weight excluding hydrogens is 112 g/mol. The molecule has 54 valence electrons. The minimum Gasteiger partial charge on any atom is -0.329 e. The summed E-state index contributed by atoms with van der Waals surface area (Å²) in [6.07, 6.45) is 0. The molecule has 0 amide bonds. The maximum Gasteiger partial charge on any atom is 0.0346 e. The molecule has 0 spiro atoms. The maximum atomic E-state index is 5.46. The molecule has 2 nitrogen and oxygen atoms in total. The van der Waals surface area contributed by atoms with Gasteiger partial charge in [-0.25, -0.2) is 0 Å². The van der Waals surface area contributed by atoms with Crippen molar-refractivity contribution < 1.29 is 0 Å². The van der Waals surface area contributed by atoms with Crippen LogP contribution in [0.3, 0.4) is 0 Å². The standard InChI is InChI=1S/C7H16N2/c1-6(2)4-9-5-7(9)3-8/h6-7H,3-5,8H2,1-2H3. The first-order valence-corrected chi connectivity index (χ1v) is 3.68. The van der Waals surface area contributed by atoms with Gasteiger partial charge in [0, 0.05) is 25.7 Å². The van der Waals surface area contributed by atoms with Crippen LogP contribution in [0.25, 0.3) is 0 Å². The Morgan fingerprint density at radius 2 is 2.33 bits per heavy atom. The van der Waals surface area contributed by atoms with Gasteiger partial charge in [-0.15, -0.1) is 0 Å². The lowest BCUT2D eigenvalue weighted by molar-refractivity contribution is 0.429. The first kappa shape index (κ1) is 7.03. The third-order valence-electron chi connectivity index (χ3n) is 1.70. The molecule has 1 aliphatic rings. The van der Waals surface area contributed by atoms with E-state index in [1.807, 2.05) is 0 Å². The molecule has 2 unspecified atom stereocenters. The fourth-order valence-corrected chi connectivity index (χ4v) is 1.14. The molecule has 1 aliphatic heterocycles. The zero-order valence-electron chi connectivity index (χ0n) is 6.30. The second kappa shape index (κ2) is 2.67. The molecule has 2 N–H and O–H groups in total. The van der Waals surface area contributed by atoms with Crippen molar-refractivity contribution in [2.75, 3.05) is 19.6 Å². The van der Waals surface area contributed by atoms with Gasteiger partial charge >= 0.3 is 0 Å². The first-order valence-electron chi connectivity index (χ1n) is 3.68. The number of nitrogens with two attached hydrogens (primary N) is 1. The summed E-state index contributed by atoms with van der Waals surface area (Å²) in [7, 11) is 0. The number of rotatable bonds is 3.